The Kier molecular flexibility index (Phi) is 2.63. The number of hydrogen-bond donors (Lipinski definition) is 1. The van der Waals surface area contributed by atoms with Gasteiger partial charge in [0, 0.05) is 29.0 Å². The van der Waals surface area contributed by atoms with Crippen molar-refractivity contribution in [1.29, 1.82) is 0 Å². The van der Waals surface area contributed by atoms with Crippen molar-refractivity contribution in [3.05, 3.63) is 58.9 Å². The number of anilines is 1. The quantitative estimate of drug-likeness (QED) is 0.875. The van der Waals surface area contributed by atoms with Crippen molar-refractivity contribution >= 4 is 23.1 Å². The summed E-state index contributed by atoms with van der Waals surface area (Å²) in [6.07, 6.45) is 1.83. The van der Waals surface area contributed by atoms with E-state index >= 15 is 0 Å². The number of fused-ring (bicyclic) bond motifs is 3. The lowest BCUT2D eigenvalue weighted by Crippen LogP contribution is -2.41. The highest BCUT2D eigenvalue weighted by atomic mass is 35.5. The molecule has 5 heteroatoms. The zero-order valence-electron chi connectivity index (χ0n) is 10.8. The van der Waals surface area contributed by atoms with Gasteiger partial charge in [0.25, 0.3) is 0 Å². The van der Waals surface area contributed by atoms with Crippen molar-refractivity contribution in [2.24, 2.45) is 4.99 Å². The number of amidine groups is 1. The van der Waals surface area contributed by atoms with Crippen LogP contribution in [0.2, 0.25) is 5.02 Å². The van der Waals surface area contributed by atoms with E-state index in [1.807, 2.05) is 42.6 Å². The molecule has 1 N–H and O–H groups in total. The predicted molar refractivity (Wildman–Crippen MR) is 80.2 cm³/mol. The summed E-state index contributed by atoms with van der Waals surface area (Å²) in [5.41, 5.74) is 3.12. The number of hydrogen-bond acceptors (Lipinski definition) is 4. The largest absolute Gasteiger partial charge is 0.360 e. The Morgan fingerprint density at radius 1 is 1.25 bits per heavy atom. The van der Waals surface area contributed by atoms with Crippen molar-refractivity contribution in [2.45, 2.75) is 6.17 Å². The molecular weight excluding hydrogens is 272 g/mol. The molecule has 1 aromatic heterocycles. The van der Waals surface area contributed by atoms with E-state index < -0.39 is 0 Å². The predicted octanol–water partition coefficient (Wildman–Crippen LogP) is 2.92. The Balaban J connectivity index is 1.83. The van der Waals surface area contributed by atoms with E-state index in [1.165, 1.54) is 0 Å². The van der Waals surface area contributed by atoms with Crippen LogP contribution in [-0.4, -0.2) is 28.8 Å². The van der Waals surface area contributed by atoms with Crippen LogP contribution in [-0.2, 0) is 0 Å². The molecule has 0 aliphatic carbocycles. The molecule has 0 amide bonds. The average molecular weight is 285 g/mol. The van der Waals surface area contributed by atoms with Crippen LogP contribution >= 0.6 is 11.6 Å². The number of aromatic nitrogens is 1. The van der Waals surface area contributed by atoms with Crippen molar-refractivity contribution in [3.8, 4) is 0 Å². The minimum Gasteiger partial charge on any atom is -0.360 e. The number of rotatable bonds is 1. The first-order valence-corrected chi connectivity index (χ1v) is 6.99. The zero-order valence-corrected chi connectivity index (χ0v) is 11.5. The maximum atomic E-state index is 6.10. The van der Waals surface area contributed by atoms with Crippen LogP contribution in [0.3, 0.4) is 0 Å². The van der Waals surface area contributed by atoms with Crippen LogP contribution in [0, 0.1) is 0 Å². The SMILES string of the molecule is Clc1ccc2c(c1)N[C@H](c1ccccn1)N1CCN=C21. The van der Waals surface area contributed by atoms with Crippen LogP contribution < -0.4 is 5.32 Å². The van der Waals surface area contributed by atoms with Gasteiger partial charge in [-0.3, -0.25) is 9.98 Å². The third kappa shape index (κ3) is 1.76. The Morgan fingerprint density at radius 2 is 2.20 bits per heavy atom. The molecule has 2 aromatic rings. The van der Waals surface area contributed by atoms with E-state index in [-0.39, 0.29) is 6.17 Å². The molecule has 4 nitrogen and oxygen atoms in total. The standard InChI is InChI=1S/C15H13ClN4/c16-10-4-5-11-13(9-10)19-15(12-3-1-2-6-17-12)20-8-7-18-14(11)20/h1-6,9,15,19H,7-8H2/t15-/m0/s1. The Bertz CT molecular complexity index is 684. The lowest BCUT2D eigenvalue weighted by atomic mass is 10.1. The molecule has 0 radical (unpaired) electrons. The summed E-state index contributed by atoms with van der Waals surface area (Å²) in [6, 6.07) is 11.8. The van der Waals surface area contributed by atoms with E-state index in [0.29, 0.717) is 0 Å². The normalized spacial score (nSPS) is 19.9. The monoisotopic (exact) mass is 284 g/mol. The lowest BCUT2D eigenvalue weighted by molar-refractivity contribution is 0.364. The molecule has 4 rings (SSSR count). The maximum absolute atomic E-state index is 6.10. The first-order chi connectivity index (χ1) is 9.83. The summed E-state index contributed by atoms with van der Waals surface area (Å²) in [4.78, 5) is 11.4. The second kappa shape index (κ2) is 4.49. The van der Waals surface area contributed by atoms with Gasteiger partial charge in [0.2, 0.25) is 0 Å². The van der Waals surface area contributed by atoms with Gasteiger partial charge in [-0.25, -0.2) is 0 Å². The second-order valence-electron chi connectivity index (χ2n) is 4.89. The first-order valence-electron chi connectivity index (χ1n) is 6.61. The van der Waals surface area contributed by atoms with Gasteiger partial charge in [-0.05, 0) is 30.3 Å². The molecule has 0 saturated heterocycles. The minimum absolute atomic E-state index is 0.0171. The summed E-state index contributed by atoms with van der Waals surface area (Å²) in [6.45, 7) is 1.73. The van der Waals surface area contributed by atoms with Crippen LogP contribution in [0.5, 0.6) is 0 Å². The molecule has 1 atom stereocenters. The molecule has 2 aliphatic rings. The molecule has 0 saturated carbocycles. The Hall–Kier alpha value is -2.07. The molecular formula is C15H13ClN4. The fraction of sp³-hybridized carbons (Fsp3) is 0.200. The van der Waals surface area contributed by atoms with Crippen LogP contribution in [0.25, 0.3) is 0 Å². The molecule has 20 heavy (non-hydrogen) atoms. The Morgan fingerprint density at radius 3 is 3.05 bits per heavy atom. The molecule has 0 bridgehead atoms. The second-order valence-corrected chi connectivity index (χ2v) is 5.33. The van der Waals surface area contributed by atoms with Crippen molar-refractivity contribution < 1.29 is 0 Å². The van der Waals surface area contributed by atoms with Gasteiger partial charge in [-0.15, -0.1) is 0 Å². The van der Waals surface area contributed by atoms with E-state index in [2.05, 4.69) is 20.2 Å². The van der Waals surface area contributed by atoms with Gasteiger partial charge in [0.1, 0.15) is 12.0 Å². The zero-order chi connectivity index (χ0) is 13.5. The average Bonchev–Trinajstić information content (AvgIpc) is 2.96. The van der Waals surface area contributed by atoms with Gasteiger partial charge < -0.3 is 10.2 Å². The smallest absolute Gasteiger partial charge is 0.144 e. The van der Waals surface area contributed by atoms with Crippen molar-refractivity contribution in [3.63, 3.8) is 0 Å². The highest BCUT2D eigenvalue weighted by Gasteiger charge is 2.34. The maximum Gasteiger partial charge on any atom is 0.144 e. The van der Waals surface area contributed by atoms with Gasteiger partial charge >= 0.3 is 0 Å². The van der Waals surface area contributed by atoms with Gasteiger partial charge in [0.05, 0.1) is 12.2 Å². The molecule has 100 valence electrons. The first kappa shape index (κ1) is 11.7. The Labute approximate surface area is 122 Å². The minimum atomic E-state index is 0.0171. The van der Waals surface area contributed by atoms with Gasteiger partial charge in [-0.1, -0.05) is 17.7 Å². The summed E-state index contributed by atoms with van der Waals surface area (Å²) < 4.78 is 0. The van der Waals surface area contributed by atoms with Crippen LogP contribution in [0.4, 0.5) is 5.69 Å². The van der Waals surface area contributed by atoms with Gasteiger partial charge in [0.15, 0.2) is 0 Å². The van der Waals surface area contributed by atoms with Crippen molar-refractivity contribution in [1.82, 2.24) is 9.88 Å². The van der Waals surface area contributed by atoms with Gasteiger partial charge in [-0.2, -0.15) is 0 Å². The number of aliphatic imine (C=N–C) groups is 1. The lowest BCUT2D eigenvalue weighted by Gasteiger charge is -2.37. The van der Waals surface area contributed by atoms with Crippen LogP contribution in [0.15, 0.2) is 47.6 Å². The fourth-order valence-electron chi connectivity index (χ4n) is 2.78. The fourth-order valence-corrected chi connectivity index (χ4v) is 2.95. The molecule has 3 heterocycles. The molecule has 0 fully saturated rings. The third-order valence-electron chi connectivity index (χ3n) is 3.67. The molecule has 0 unspecified atom stereocenters. The van der Waals surface area contributed by atoms with Crippen LogP contribution in [0.1, 0.15) is 17.4 Å². The van der Waals surface area contributed by atoms with E-state index in [1.54, 1.807) is 0 Å². The number of halogens is 1. The highest BCUT2D eigenvalue weighted by molar-refractivity contribution is 6.31. The summed E-state index contributed by atoms with van der Waals surface area (Å²) in [5.74, 6) is 1.03. The van der Waals surface area contributed by atoms with E-state index in [9.17, 15) is 0 Å². The molecule has 1 aromatic carbocycles. The number of nitrogens with zero attached hydrogens (tertiary/aromatic N) is 3. The number of benzene rings is 1. The summed E-state index contributed by atoms with van der Waals surface area (Å²) >= 11 is 6.10. The molecule has 2 aliphatic heterocycles. The molecule has 0 spiro atoms. The highest BCUT2D eigenvalue weighted by Crippen LogP contribution is 2.35. The number of pyridine rings is 1. The van der Waals surface area contributed by atoms with E-state index in [4.69, 9.17) is 11.6 Å². The topological polar surface area (TPSA) is 40.5 Å². The number of nitrogens with one attached hydrogen (secondary N) is 1. The summed E-state index contributed by atoms with van der Waals surface area (Å²) in [5, 5.41) is 4.25. The third-order valence-corrected chi connectivity index (χ3v) is 3.90. The van der Waals surface area contributed by atoms with Crippen molar-refractivity contribution in [2.75, 3.05) is 18.4 Å². The van der Waals surface area contributed by atoms with E-state index in [0.717, 1.165) is 40.9 Å². The summed E-state index contributed by atoms with van der Waals surface area (Å²) in [7, 11) is 0.